The van der Waals surface area contributed by atoms with Gasteiger partial charge in [0.15, 0.2) is 5.82 Å². The minimum atomic E-state index is 0.691. The Morgan fingerprint density at radius 1 is 1.38 bits per heavy atom. The first-order chi connectivity index (χ1) is 7.74. The summed E-state index contributed by atoms with van der Waals surface area (Å²) in [4.78, 5) is 6.89. The molecule has 3 nitrogen and oxygen atoms in total. The van der Waals surface area contributed by atoms with Gasteiger partial charge in [-0.15, -0.1) is 0 Å². The molecule has 0 amide bonds. The van der Waals surface area contributed by atoms with Crippen molar-refractivity contribution in [1.82, 2.24) is 4.98 Å². The van der Waals surface area contributed by atoms with Crippen LogP contribution in [0.15, 0.2) is 16.7 Å². The molecule has 4 heteroatoms. The maximum atomic E-state index is 6.05. The fourth-order valence-electron chi connectivity index (χ4n) is 2.06. The molecule has 0 saturated heterocycles. The fourth-order valence-corrected chi connectivity index (χ4v) is 2.41. The predicted octanol–water partition coefficient (Wildman–Crippen LogP) is 2.81. The first kappa shape index (κ1) is 10.4. The monoisotopic (exact) mass is 281 g/mol. The molecule has 0 aromatic carbocycles. The van der Waals surface area contributed by atoms with Crippen LogP contribution in [0, 0.1) is 5.92 Å². The van der Waals surface area contributed by atoms with Crippen LogP contribution in [0.4, 0.5) is 11.5 Å². The summed E-state index contributed by atoms with van der Waals surface area (Å²) in [5.74, 6) is 1.86. The van der Waals surface area contributed by atoms with Gasteiger partial charge in [-0.3, -0.25) is 0 Å². The second-order valence-electron chi connectivity index (χ2n) is 4.89. The van der Waals surface area contributed by atoms with E-state index in [0.717, 1.165) is 28.4 Å². The van der Waals surface area contributed by atoms with Crippen LogP contribution in [0.1, 0.15) is 25.7 Å². The minimum absolute atomic E-state index is 0.691. The van der Waals surface area contributed by atoms with E-state index in [1.807, 2.05) is 12.3 Å². The number of hydrogen-bond acceptors (Lipinski definition) is 3. The first-order valence-corrected chi connectivity index (χ1v) is 6.71. The van der Waals surface area contributed by atoms with E-state index < -0.39 is 0 Å². The van der Waals surface area contributed by atoms with E-state index in [9.17, 15) is 0 Å². The van der Waals surface area contributed by atoms with Crippen molar-refractivity contribution >= 4 is 27.4 Å². The van der Waals surface area contributed by atoms with Gasteiger partial charge < -0.3 is 10.6 Å². The molecule has 86 valence electrons. The molecule has 2 N–H and O–H groups in total. The van der Waals surface area contributed by atoms with E-state index >= 15 is 0 Å². The lowest BCUT2D eigenvalue weighted by Crippen LogP contribution is -2.29. The molecule has 16 heavy (non-hydrogen) atoms. The average Bonchev–Trinajstić information content (AvgIpc) is 3.11. The summed E-state index contributed by atoms with van der Waals surface area (Å²) in [6, 6.07) is 2.64. The highest BCUT2D eigenvalue weighted by molar-refractivity contribution is 9.10. The lowest BCUT2D eigenvalue weighted by Gasteiger charge is -2.24. The van der Waals surface area contributed by atoms with Gasteiger partial charge >= 0.3 is 0 Å². The number of pyridine rings is 1. The Balaban J connectivity index is 1.85. The molecule has 1 aromatic rings. The van der Waals surface area contributed by atoms with E-state index in [0.29, 0.717) is 6.04 Å². The summed E-state index contributed by atoms with van der Waals surface area (Å²) in [5, 5.41) is 0. The predicted molar refractivity (Wildman–Crippen MR) is 69.4 cm³/mol. The van der Waals surface area contributed by atoms with Crippen molar-refractivity contribution in [1.29, 1.82) is 0 Å². The number of hydrogen-bond donors (Lipinski definition) is 1. The van der Waals surface area contributed by atoms with Gasteiger partial charge in [0.2, 0.25) is 0 Å². The number of anilines is 2. The van der Waals surface area contributed by atoms with Crippen LogP contribution >= 0.6 is 15.9 Å². The van der Waals surface area contributed by atoms with Gasteiger partial charge in [-0.1, -0.05) is 0 Å². The summed E-state index contributed by atoms with van der Waals surface area (Å²) in [6.45, 7) is 1.14. The van der Waals surface area contributed by atoms with Crippen molar-refractivity contribution in [2.24, 2.45) is 5.92 Å². The lowest BCUT2D eigenvalue weighted by atomic mass is 10.3. The Labute approximate surface area is 104 Å². The zero-order valence-electron chi connectivity index (χ0n) is 9.19. The Morgan fingerprint density at radius 3 is 2.69 bits per heavy atom. The van der Waals surface area contributed by atoms with Crippen LogP contribution in [0.5, 0.6) is 0 Å². The van der Waals surface area contributed by atoms with Gasteiger partial charge in [0, 0.05) is 23.3 Å². The highest BCUT2D eigenvalue weighted by atomic mass is 79.9. The van der Waals surface area contributed by atoms with Gasteiger partial charge in [-0.05, 0) is 53.6 Å². The molecule has 1 aromatic heterocycles. The number of aromatic nitrogens is 1. The molecule has 0 bridgehead atoms. The minimum Gasteiger partial charge on any atom is -0.396 e. The van der Waals surface area contributed by atoms with Crippen LogP contribution in [0.3, 0.4) is 0 Å². The van der Waals surface area contributed by atoms with Crippen molar-refractivity contribution in [3.63, 3.8) is 0 Å². The second-order valence-corrected chi connectivity index (χ2v) is 5.81. The molecule has 0 spiro atoms. The van der Waals surface area contributed by atoms with Gasteiger partial charge in [0.25, 0.3) is 0 Å². The SMILES string of the molecule is Nc1cc(Br)cnc1N(CC1CC1)C1CC1. The van der Waals surface area contributed by atoms with E-state index in [2.05, 4.69) is 25.8 Å². The lowest BCUT2D eigenvalue weighted by molar-refractivity contribution is 0.710. The molecule has 3 rings (SSSR count). The quantitative estimate of drug-likeness (QED) is 0.923. The first-order valence-electron chi connectivity index (χ1n) is 5.91. The second kappa shape index (κ2) is 3.91. The third-order valence-corrected chi connectivity index (χ3v) is 3.71. The van der Waals surface area contributed by atoms with E-state index in [1.165, 1.54) is 25.7 Å². The molecule has 2 fully saturated rings. The van der Waals surface area contributed by atoms with E-state index in [4.69, 9.17) is 5.73 Å². The number of rotatable bonds is 4. The largest absolute Gasteiger partial charge is 0.396 e. The summed E-state index contributed by atoms with van der Waals surface area (Å²) in [5.41, 5.74) is 6.84. The molecule has 2 saturated carbocycles. The Hall–Kier alpha value is -0.770. The summed E-state index contributed by atoms with van der Waals surface area (Å²) < 4.78 is 0.955. The van der Waals surface area contributed by atoms with Gasteiger partial charge in [0.1, 0.15) is 0 Å². The zero-order chi connectivity index (χ0) is 11.1. The molecule has 2 aliphatic carbocycles. The number of nitrogen functional groups attached to an aromatic ring is 1. The fraction of sp³-hybridized carbons (Fsp3) is 0.583. The normalized spacial score (nSPS) is 19.8. The Bertz CT molecular complexity index is 399. The van der Waals surface area contributed by atoms with E-state index in [-0.39, 0.29) is 0 Å². The molecular weight excluding hydrogens is 266 g/mol. The Morgan fingerprint density at radius 2 is 2.12 bits per heavy atom. The maximum Gasteiger partial charge on any atom is 0.152 e. The number of halogens is 1. The van der Waals surface area contributed by atoms with Gasteiger partial charge in [0.05, 0.1) is 5.69 Å². The maximum absolute atomic E-state index is 6.05. The molecule has 1 heterocycles. The highest BCUT2D eigenvalue weighted by Gasteiger charge is 2.35. The summed E-state index contributed by atoms with van der Waals surface area (Å²) in [7, 11) is 0. The molecular formula is C12H16BrN3. The third-order valence-electron chi connectivity index (χ3n) is 3.27. The summed E-state index contributed by atoms with van der Waals surface area (Å²) in [6.07, 6.45) is 7.18. The number of nitrogens with zero attached hydrogens (tertiary/aromatic N) is 2. The van der Waals surface area contributed by atoms with Crippen molar-refractivity contribution in [2.75, 3.05) is 17.2 Å². The molecule has 0 aliphatic heterocycles. The average molecular weight is 282 g/mol. The van der Waals surface area contributed by atoms with Crippen LogP contribution in [0.25, 0.3) is 0 Å². The molecule has 2 aliphatic rings. The van der Waals surface area contributed by atoms with Gasteiger partial charge in [-0.25, -0.2) is 4.98 Å². The molecule has 0 atom stereocenters. The molecule has 0 radical (unpaired) electrons. The standard InChI is InChI=1S/C12H16BrN3/c13-9-5-11(14)12(15-6-9)16(10-3-4-10)7-8-1-2-8/h5-6,8,10H,1-4,7,14H2. The van der Waals surface area contributed by atoms with Crippen molar-refractivity contribution in [3.8, 4) is 0 Å². The van der Waals surface area contributed by atoms with Crippen LogP contribution in [-0.4, -0.2) is 17.6 Å². The van der Waals surface area contributed by atoms with Crippen molar-refractivity contribution in [3.05, 3.63) is 16.7 Å². The van der Waals surface area contributed by atoms with Crippen molar-refractivity contribution < 1.29 is 0 Å². The van der Waals surface area contributed by atoms with Gasteiger partial charge in [-0.2, -0.15) is 0 Å². The van der Waals surface area contributed by atoms with Crippen LogP contribution in [-0.2, 0) is 0 Å². The Kier molecular flexibility index (Phi) is 2.54. The molecule has 0 unspecified atom stereocenters. The van der Waals surface area contributed by atoms with Crippen LogP contribution in [0.2, 0.25) is 0 Å². The summed E-state index contributed by atoms with van der Waals surface area (Å²) >= 11 is 3.40. The third kappa shape index (κ3) is 2.17. The highest BCUT2D eigenvalue weighted by Crippen LogP contribution is 2.39. The van der Waals surface area contributed by atoms with E-state index in [1.54, 1.807) is 0 Å². The number of nitrogens with two attached hydrogens (primary N) is 1. The zero-order valence-corrected chi connectivity index (χ0v) is 10.8. The smallest absolute Gasteiger partial charge is 0.152 e. The van der Waals surface area contributed by atoms with Crippen molar-refractivity contribution in [2.45, 2.75) is 31.7 Å². The topological polar surface area (TPSA) is 42.1 Å². The van der Waals surface area contributed by atoms with Crippen LogP contribution < -0.4 is 10.6 Å².